The largest absolute Gasteiger partial charge is 0.263 e. The highest BCUT2D eigenvalue weighted by molar-refractivity contribution is 7.96. The quantitative estimate of drug-likeness (QED) is 0.558. The van der Waals surface area contributed by atoms with Gasteiger partial charge in [0.15, 0.2) is 0 Å². The number of anilines is 1. The van der Waals surface area contributed by atoms with E-state index in [1.165, 1.54) is 18.3 Å². The predicted octanol–water partition coefficient (Wildman–Crippen LogP) is 4.89. The maximum Gasteiger partial charge on any atom is 0.263 e. The van der Waals surface area contributed by atoms with Gasteiger partial charge in [-0.25, -0.2) is 13.4 Å². The van der Waals surface area contributed by atoms with E-state index in [-0.39, 0.29) is 10.7 Å². The van der Waals surface area contributed by atoms with E-state index in [4.69, 9.17) is 0 Å². The van der Waals surface area contributed by atoms with Gasteiger partial charge in [0.1, 0.15) is 5.82 Å². The van der Waals surface area contributed by atoms with Crippen LogP contribution in [0.2, 0.25) is 0 Å². The number of sulfonamides is 1. The summed E-state index contributed by atoms with van der Waals surface area (Å²) in [5.41, 5.74) is 2.37. The molecule has 0 fully saturated rings. The fourth-order valence-electron chi connectivity index (χ4n) is 1.95. The normalized spacial score (nSPS) is 13.0. The zero-order valence-corrected chi connectivity index (χ0v) is 15.4. The van der Waals surface area contributed by atoms with Gasteiger partial charge in [-0.15, -0.1) is 0 Å². The average Bonchev–Trinajstić information content (AvgIpc) is 2.61. The number of pyridine rings is 1. The lowest BCUT2D eigenvalue weighted by Gasteiger charge is -2.07. The number of nitrogens with zero attached hydrogens (tertiary/aromatic N) is 3. The van der Waals surface area contributed by atoms with E-state index in [1.807, 2.05) is 31.2 Å². The highest BCUT2D eigenvalue weighted by Crippen LogP contribution is 2.16. The first kappa shape index (κ1) is 19.3. The van der Waals surface area contributed by atoms with Crippen molar-refractivity contribution in [3.8, 4) is 0 Å². The maximum atomic E-state index is 12.4. The third kappa shape index (κ3) is 5.78. The molecule has 0 aliphatic rings. The highest BCUT2D eigenvalue weighted by Gasteiger charge is 2.14. The van der Waals surface area contributed by atoms with Gasteiger partial charge in [0.25, 0.3) is 10.0 Å². The van der Waals surface area contributed by atoms with Gasteiger partial charge in [-0.2, -0.15) is 10.2 Å². The molecule has 1 N–H and O–H groups in total. The van der Waals surface area contributed by atoms with Crippen molar-refractivity contribution in [1.82, 2.24) is 4.98 Å². The summed E-state index contributed by atoms with van der Waals surface area (Å²) >= 11 is 0. The van der Waals surface area contributed by atoms with Gasteiger partial charge in [-0.05, 0) is 61.9 Å². The molecule has 1 heterocycles. The number of aromatic nitrogens is 1. The third-order valence-electron chi connectivity index (χ3n) is 3.23. The average molecular weight is 368 g/mol. The Labute approximate surface area is 153 Å². The van der Waals surface area contributed by atoms with Crippen LogP contribution in [0.15, 0.2) is 94.3 Å². The van der Waals surface area contributed by atoms with Crippen LogP contribution >= 0.6 is 0 Å². The molecule has 0 unspecified atom stereocenters. The molecule has 0 aliphatic heterocycles. The molecule has 1 aromatic carbocycles. The minimum Gasteiger partial charge on any atom is -0.263 e. The van der Waals surface area contributed by atoms with Crippen LogP contribution in [-0.4, -0.2) is 13.4 Å². The fourth-order valence-corrected chi connectivity index (χ4v) is 2.93. The Bertz CT molecular complexity index is 962. The summed E-state index contributed by atoms with van der Waals surface area (Å²) in [5, 5.41) is 8.21. The minimum absolute atomic E-state index is 0.00765. The third-order valence-corrected chi connectivity index (χ3v) is 4.63. The Kier molecular flexibility index (Phi) is 6.57. The molecule has 0 saturated heterocycles. The zero-order valence-electron chi connectivity index (χ0n) is 14.6. The molecule has 2 aromatic rings. The Morgan fingerprint density at radius 2 is 2.00 bits per heavy atom. The van der Waals surface area contributed by atoms with Crippen LogP contribution in [0.1, 0.15) is 12.5 Å². The monoisotopic (exact) mass is 368 g/mol. The molecule has 134 valence electrons. The molecule has 6 nitrogen and oxygen atoms in total. The van der Waals surface area contributed by atoms with Crippen LogP contribution in [0.4, 0.5) is 11.5 Å². The van der Waals surface area contributed by atoms with E-state index >= 15 is 0 Å². The van der Waals surface area contributed by atoms with Crippen molar-refractivity contribution in [2.24, 2.45) is 10.2 Å². The first-order chi connectivity index (χ1) is 12.4. The minimum atomic E-state index is -3.78. The molecule has 0 spiro atoms. The summed E-state index contributed by atoms with van der Waals surface area (Å²) in [7, 11) is -3.78. The number of aryl methyl sites for hydroxylation is 1. The highest BCUT2D eigenvalue weighted by atomic mass is 32.2. The van der Waals surface area contributed by atoms with E-state index < -0.39 is 10.0 Å². The van der Waals surface area contributed by atoms with Gasteiger partial charge in [0.05, 0.1) is 16.3 Å². The Morgan fingerprint density at radius 1 is 1.19 bits per heavy atom. The summed E-state index contributed by atoms with van der Waals surface area (Å²) in [4.78, 5) is 3.95. The Morgan fingerprint density at radius 3 is 2.65 bits per heavy atom. The zero-order chi connectivity index (χ0) is 19.0. The van der Waals surface area contributed by atoms with E-state index in [2.05, 4.69) is 26.5 Å². The van der Waals surface area contributed by atoms with Crippen LogP contribution in [0.5, 0.6) is 0 Å². The van der Waals surface area contributed by atoms with Crippen molar-refractivity contribution >= 4 is 21.5 Å². The number of hydrogen-bond donors (Lipinski definition) is 1. The second-order valence-electron chi connectivity index (χ2n) is 5.44. The van der Waals surface area contributed by atoms with E-state index in [9.17, 15) is 8.42 Å². The molecule has 26 heavy (non-hydrogen) atoms. The van der Waals surface area contributed by atoms with E-state index in [1.54, 1.807) is 31.2 Å². The Hall–Kier alpha value is -3.06. The molecule has 0 saturated carbocycles. The van der Waals surface area contributed by atoms with E-state index in [0.29, 0.717) is 5.70 Å². The maximum absolute atomic E-state index is 12.4. The molecule has 1 aromatic heterocycles. The van der Waals surface area contributed by atoms with Gasteiger partial charge in [-0.3, -0.25) is 4.72 Å². The van der Waals surface area contributed by atoms with Gasteiger partial charge < -0.3 is 0 Å². The first-order valence-corrected chi connectivity index (χ1v) is 9.32. The van der Waals surface area contributed by atoms with Crippen LogP contribution in [0, 0.1) is 6.92 Å². The number of allylic oxidation sites excluding steroid dienone is 4. The second kappa shape index (κ2) is 8.87. The van der Waals surface area contributed by atoms with Crippen LogP contribution in [-0.2, 0) is 10.0 Å². The molecular formula is C19H20N4O2S. The summed E-state index contributed by atoms with van der Waals surface area (Å²) < 4.78 is 27.2. The van der Waals surface area contributed by atoms with Gasteiger partial charge >= 0.3 is 0 Å². The smallest absolute Gasteiger partial charge is 0.263 e. The number of rotatable bonds is 7. The molecule has 2 rings (SSSR count). The summed E-state index contributed by atoms with van der Waals surface area (Å²) in [6.45, 7) is 7.26. The lowest BCUT2D eigenvalue weighted by atomic mass is 10.2. The van der Waals surface area contributed by atoms with Gasteiger partial charge in [0.2, 0.25) is 0 Å². The summed E-state index contributed by atoms with van der Waals surface area (Å²) in [5.74, 6) is 0.236. The van der Waals surface area contributed by atoms with Crippen LogP contribution < -0.4 is 4.72 Å². The molecule has 0 aliphatic carbocycles. The van der Waals surface area contributed by atoms with Crippen LogP contribution in [0.3, 0.4) is 0 Å². The number of nitrogens with one attached hydrogen (secondary N) is 1. The number of benzene rings is 1. The van der Waals surface area contributed by atoms with Crippen molar-refractivity contribution in [2.75, 3.05) is 4.72 Å². The topological polar surface area (TPSA) is 83.8 Å². The van der Waals surface area contributed by atoms with E-state index in [0.717, 1.165) is 11.3 Å². The molecule has 0 amide bonds. The molecule has 0 radical (unpaired) electrons. The van der Waals surface area contributed by atoms with Crippen molar-refractivity contribution in [3.05, 3.63) is 89.6 Å². The number of azo groups is 1. The van der Waals surface area contributed by atoms with Crippen molar-refractivity contribution < 1.29 is 8.42 Å². The molecule has 0 atom stereocenters. The molecule has 7 heteroatoms. The lowest BCUT2D eigenvalue weighted by molar-refractivity contribution is 0.607. The van der Waals surface area contributed by atoms with Crippen molar-refractivity contribution in [3.63, 3.8) is 0 Å². The van der Waals surface area contributed by atoms with Crippen LogP contribution in [0.25, 0.3) is 0 Å². The van der Waals surface area contributed by atoms with Crippen molar-refractivity contribution in [2.45, 2.75) is 13.8 Å². The van der Waals surface area contributed by atoms with Gasteiger partial charge in [0, 0.05) is 6.20 Å². The summed E-state index contributed by atoms with van der Waals surface area (Å²) in [6.07, 6.45) is 5.74. The summed E-state index contributed by atoms with van der Waals surface area (Å²) in [6, 6.07) is 12.6. The first-order valence-electron chi connectivity index (χ1n) is 7.84. The molecular weight excluding hydrogens is 348 g/mol. The SMILES string of the molecule is C=C/C(=C\C=C(/C)N=Nc1cccc(C)c1)S(=O)(=O)Nc1ccccn1. The standard InChI is InChI=1S/C19H20N4O2S/c1-4-18(26(24,25)23-19-10-5-6-13-20-19)12-11-16(3)21-22-17-9-7-8-15(2)14-17/h4-14H,1H2,2-3H3,(H,20,23)/b16-11+,18-12+,22-21?. The molecule has 0 bridgehead atoms. The predicted molar refractivity (Wildman–Crippen MR) is 105 cm³/mol. The second-order valence-corrected chi connectivity index (χ2v) is 7.12. The Balaban J connectivity index is 2.16. The van der Waals surface area contributed by atoms with Gasteiger partial charge in [-0.1, -0.05) is 24.8 Å². The number of hydrogen-bond acceptors (Lipinski definition) is 5. The fraction of sp³-hybridized carbons (Fsp3) is 0.105. The van der Waals surface area contributed by atoms with Crippen molar-refractivity contribution in [1.29, 1.82) is 0 Å². The lowest BCUT2D eigenvalue weighted by Crippen LogP contribution is -2.14.